The van der Waals surface area contributed by atoms with E-state index < -0.39 is 0 Å². The van der Waals surface area contributed by atoms with Crippen molar-refractivity contribution in [3.8, 4) is 0 Å². The Morgan fingerprint density at radius 2 is 2.17 bits per heavy atom. The average Bonchev–Trinajstić information content (AvgIpc) is 2.83. The van der Waals surface area contributed by atoms with E-state index in [1.807, 2.05) is 11.6 Å². The van der Waals surface area contributed by atoms with E-state index in [0.717, 1.165) is 29.8 Å². The first kappa shape index (κ1) is 12.9. The molecule has 2 aromatic heterocycles. The largest absolute Gasteiger partial charge is 0.385 e. The number of aromatic nitrogens is 4. The molecule has 2 aromatic rings. The molecule has 1 unspecified atom stereocenters. The number of imidazole rings is 1. The molecule has 0 aliphatic carbocycles. The van der Waals surface area contributed by atoms with Crippen LogP contribution in [0.4, 0.5) is 5.95 Å². The van der Waals surface area contributed by atoms with Crippen LogP contribution in [-0.4, -0.2) is 33.0 Å². The van der Waals surface area contributed by atoms with Crippen LogP contribution < -0.4 is 5.73 Å². The Kier molecular flexibility index (Phi) is 3.56. The molecular formula is C12H21N5O. The van der Waals surface area contributed by atoms with Crippen molar-refractivity contribution in [2.75, 3.05) is 19.5 Å². The van der Waals surface area contributed by atoms with Crippen molar-refractivity contribution >= 4 is 17.1 Å². The zero-order valence-electron chi connectivity index (χ0n) is 11.5. The number of ether oxygens (including phenoxy) is 1. The normalized spacial score (nSPS) is 13.3. The van der Waals surface area contributed by atoms with Crippen LogP contribution in [0.5, 0.6) is 0 Å². The molecule has 0 aliphatic heterocycles. The number of methoxy groups -OCH3 is 1. The van der Waals surface area contributed by atoms with Crippen molar-refractivity contribution < 1.29 is 4.74 Å². The van der Waals surface area contributed by atoms with Gasteiger partial charge in [0, 0.05) is 26.3 Å². The predicted molar refractivity (Wildman–Crippen MR) is 71.5 cm³/mol. The smallest absolute Gasteiger partial charge is 0.202 e. The van der Waals surface area contributed by atoms with Gasteiger partial charge in [-0.1, -0.05) is 0 Å². The van der Waals surface area contributed by atoms with Crippen LogP contribution in [0.3, 0.4) is 0 Å². The van der Waals surface area contributed by atoms with Crippen LogP contribution in [0.2, 0.25) is 0 Å². The molecule has 0 amide bonds. The molecule has 2 rings (SSSR count). The van der Waals surface area contributed by atoms with E-state index in [1.54, 1.807) is 7.11 Å². The second-order valence-corrected chi connectivity index (χ2v) is 4.54. The van der Waals surface area contributed by atoms with Crippen molar-refractivity contribution in [1.29, 1.82) is 0 Å². The minimum Gasteiger partial charge on any atom is -0.385 e. The third-order valence-corrected chi connectivity index (χ3v) is 3.25. The zero-order valence-corrected chi connectivity index (χ0v) is 11.5. The summed E-state index contributed by atoms with van der Waals surface area (Å²) in [5.74, 6) is 0.552. The molecular weight excluding hydrogens is 230 g/mol. The lowest BCUT2D eigenvalue weighted by atomic mass is 10.2. The summed E-state index contributed by atoms with van der Waals surface area (Å²) in [7, 11) is 1.71. The van der Waals surface area contributed by atoms with Gasteiger partial charge in [0.2, 0.25) is 5.95 Å². The van der Waals surface area contributed by atoms with Gasteiger partial charge < -0.3 is 10.5 Å². The highest BCUT2D eigenvalue weighted by Gasteiger charge is 2.19. The number of nitrogen functional groups attached to an aromatic ring is 1. The second kappa shape index (κ2) is 4.97. The zero-order chi connectivity index (χ0) is 13.3. The summed E-state index contributed by atoms with van der Waals surface area (Å²) in [6, 6.07) is 0.247. The van der Waals surface area contributed by atoms with E-state index in [2.05, 4.69) is 28.5 Å². The van der Waals surface area contributed by atoms with Crippen LogP contribution in [0.25, 0.3) is 11.2 Å². The van der Waals surface area contributed by atoms with E-state index in [0.29, 0.717) is 12.6 Å². The van der Waals surface area contributed by atoms with Crippen LogP contribution >= 0.6 is 0 Å². The summed E-state index contributed by atoms with van der Waals surface area (Å²) in [5.41, 5.74) is 8.87. The van der Waals surface area contributed by atoms with Crippen molar-refractivity contribution in [3.63, 3.8) is 0 Å². The van der Waals surface area contributed by atoms with Crippen LogP contribution in [0, 0.1) is 6.92 Å². The average molecular weight is 251 g/mol. The molecule has 0 bridgehead atoms. The molecule has 6 nitrogen and oxygen atoms in total. The maximum Gasteiger partial charge on any atom is 0.202 e. The Morgan fingerprint density at radius 3 is 2.78 bits per heavy atom. The van der Waals surface area contributed by atoms with Crippen LogP contribution in [0.1, 0.15) is 32.0 Å². The third-order valence-electron chi connectivity index (χ3n) is 3.25. The highest BCUT2D eigenvalue weighted by atomic mass is 16.5. The maximum absolute atomic E-state index is 6.03. The Balaban J connectivity index is 2.51. The number of fused-ring (bicyclic) bond motifs is 1. The number of aryl methyl sites for hydroxylation is 2. The van der Waals surface area contributed by atoms with E-state index >= 15 is 0 Å². The van der Waals surface area contributed by atoms with E-state index in [1.165, 1.54) is 0 Å². The quantitative estimate of drug-likeness (QED) is 0.878. The monoisotopic (exact) mass is 251 g/mol. The molecule has 0 saturated heterocycles. The van der Waals surface area contributed by atoms with Crippen LogP contribution in [0.15, 0.2) is 0 Å². The summed E-state index contributed by atoms with van der Waals surface area (Å²) in [5, 5.41) is 4.48. The van der Waals surface area contributed by atoms with E-state index in [4.69, 9.17) is 10.5 Å². The molecule has 18 heavy (non-hydrogen) atoms. The lowest BCUT2D eigenvalue weighted by molar-refractivity contribution is 0.182. The van der Waals surface area contributed by atoms with Gasteiger partial charge in [-0.25, -0.2) is 9.67 Å². The van der Waals surface area contributed by atoms with Crippen molar-refractivity contribution in [3.05, 3.63) is 5.69 Å². The summed E-state index contributed by atoms with van der Waals surface area (Å²) in [6.07, 6.45) is 0.903. The van der Waals surface area contributed by atoms with Crippen molar-refractivity contribution in [2.24, 2.45) is 0 Å². The summed E-state index contributed by atoms with van der Waals surface area (Å²) < 4.78 is 9.14. The molecule has 0 aromatic carbocycles. The molecule has 0 fully saturated rings. The Morgan fingerprint density at radius 1 is 1.44 bits per heavy atom. The molecule has 2 heterocycles. The highest BCUT2D eigenvalue weighted by Crippen LogP contribution is 2.26. The fraction of sp³-hybridized carbons (Fsp3) is 0.667. The van der Waals surface area contributed by atoms with Crippen molar-refractivity contribution in [1.82, 2.24) is 19.3 Å². The standard InChI is InChI=1S/C12H21N5O/c1-5-16-11-10(9(3)15-16)14-12(13)17(11)8(2)6-7-18-4/h8H,5-7H2,1-4H3,(H2,13,14). The SMILES string of the molecule is CCn1nc(C)c2nc(N)n(C(C)CCOC)c21. The molecule has 1 atom stereocenters. The first-order valence-electron chi connectivity index (χ1n) is 6.29. The number of hydrogen-bond acceptors (Lipinski definition) is 4. The highest BCUT2D eigenvalue weighted by molar-refractivity contribution is 5.77. The van der Waals surface area contributed by atoms with E-state index in [-0.39, 0.29) is 6.04 Å². The number of anilines is 1. The summed E-state index contributed by atoms with van der Waals surface area (Å²) >= 11 is 0. The number of rotatable bonds is 5. The minimum atomic E-state index is 0.247. The minimum absolute atomic E-state index is 0.247. The fourth-order valence-electron chi connectivity index (χ4n) is 2.28. The lowest BCUT2D eigenvalue weighted by Gasteiger charge is -2.15. The third kappa shape index (κ3) is 1.96. The van der Waals surface area contributed by atoms with Gasteiger partial charge in [0.25, 0.3) is 0 Å². The van der Waals surface area contributed by atoms with Gasteiger partial charge in [0.1, 0.15) is 5.52 Å². The number of nitrogens with zero attached hydrogens (tertiary/aromatic N) is 4. The molecule has 6 heteroatoms. The predicted octanol–water partition coefficient (Wildman–Crippen LogP) is 1.74. The number of nitrogens with two attached hydrogens (primary N) is 1. The van der Waals surface area contributed by atoms with Gasteiger partial charge in [0.05, 0.1) is 5.69 Å². The Hall–Kier alpha value is -1.56. The first-order valence-corrected chi connectivity index (χ1v) is 6.29. The molecule has 100 valence electrons. The molecule has 2 N–H and O–H groups in total. The maximum atomic E-state index is 6.03. The second-order valence-electron chi connectivity index (χ2n) is 4.54. The van der Waals surface area contributed by atoms with Crippen LogP contribution in [-0.2, 0) is 11.3 Å². The molecule has 0 aliphatic rings. The van der Waals surface area contributed by atoms with Gasteiger partial charge in [-0.15, -0.1) is 0 Å². The molecule has 0 spiro atoms. The lowest BCUT2D eigenvalue weighted by Crippen LogP contribution is -2.13. The summed E-state index contributed by atoms with van der Waals surface area (Å²) in [6.45, 7) is 7.68. The van der Waals surface area contributed by atoms with Crippen molar-refractivity contribution in [2.45, 2.75) is 39.8 Å². The Labute approximate surface area is 107 Å². The molecule has 0 saturated carbocycles. The number of hydrogen-bond donors (Lipinski definition) is 1. The first-order chi connectivity index (χ1) is 8.60. The van der Waals surface area contributed by atoms with Gasteiger partial charge >= 0.3 is 0 Å². The Bertz CT molecular complexity index is 542. The van der Waals surface area contributed by atoms with Gasteiger partial charge in [0.15, 0.2) is 5.65 Å². The fourth-order valence-corrected chi connectivity index (χ4v) is 2.28. The topological polar surface area (TPSA) is 70.9 Å². The summed E-state index contributed by atoms with van der Waals surface area (Å²) in [4.78, 5) is 4.43. The van der Waals surface area contributed by atoms with Gasteiger partial charge in [-0.3, -0.25) is 4.57 Å². The molecule has 0 radical (unpaired) electrons. The van der Waals surface area contributed by atoms with Gasteiger partial charge in [-0.2, -0.15) is 5.10 Å². The van der Waals surface area contributed by atoms with Gasteiger partial charge in [-0.05, 0) is 27.2 Å². The van der Waals surface area contributed by atoms with E-state index in [9.17, 15) is 0 Å².